The number of carbonyl (C=O) groups is 1. The third-order valence-corrected chi connectivity index (χ3v) is 1.24. The third kappa shape index (κ3) is 1.79. The van der Waals surface area contributed by atoms with E-state index >= 15 is 0 Å². The summed E-state index contributed by atoms with van der Waals surface area (Å²) in [4.78, 5) is 13.3. The maximum absolute atomic E-state index is 12.0. The largest absolute Gasteiger partial charge is 0.474 e. The van der Waals surface area contributed by atoms with Crippen LogP contribution in [0.4, 0.5) is 13.2 Å². The van der Waals surface area contributed by atoms with Gasteiger partial charge in [0, 0.05) is 0 Å². The lowest BCUT2D eigenvalue weighted by Gasteiger charge is -2.00. The van der Waals surface area contributed by atoms with Crippen molar-refractivity contribution in [3.05, 3.63) is 17.3 Å². The summed E-state index contributed by atoms with van der Waals surface area (Å²) in [6, 6.07) is 0. The van der Waals surface area contributed by atoms with Gasteiger partial charge in [-0.05, 0) is 6.92 Å². The number of rotatable bonds is 1. The minimum absolute atomic E-state index is 0.482. The molecule has 1 heterocycles. The van der Waals surface area contributed by atoms with Crippen LogP contribution in [-0.4, -0.2) is 16.1 Å². The van der Waals surface area contributed by atoms with Gasteiger partial charge in [-0.15, -0.1) is 0 Å². The average Bonchev–Trinajstić information content (AvgIpc) is 2.29. The molecule has 0 atom stereocenters. The lowest BCUT2D eigenvalue weighted by Crippen LogP contribution is -2.04. The first-order valence-electron chi connectivity index (χ1n) is 3.10. The van der Waals surface area contributed by atoms with Crippen LogP contribution in [0.5, 0.6) is 0 Å². The van der Waals surface area contributed by atoms with Crippen molar-refractivity contribution in [2.24, 2.45) is 0 Å². The predicted octanol–water partition coefficient (Wildman–Crippen LogP) is 1.70. The minimum atomic E-state index is -4.70. The van der Waals surface area contributed by atoms with Crippen LogP contribution in [-0.2, 0) is 6.18 Å². The summed E-state index contributed by atoms with van der Waals surface area (Å²) >= 11 is 0. The number of hydrogen-bond donors (Lipinski definition) is 1. The van der Waals surface area contributed by atoms with E-state index in [0.717, 1.165) is 6.92 Å². The second-order valence-electron chi connectivity index (χ2n) is 2.24. The monoisotopic (exact) mass is 195 g/mol. The summed E-state index contributed by atoms with van der Waals surface area (Å²) in [5.41, 5.74) is -0.482. The summed E-state index contributed by atoms with van der Waals surface area (Å²) in [7, 11) is 0. The summed E-state index contributed by atoms with van der Waals surface area (Å²) in [6.45, 7) is 1.03. The van der Waals surface area contributed by atoms with Crippen LogP contribution in [0, 0.1) is 6.92 Å². The van der Waals surface area contributed by atoms with Crippen molar-refractivity contribution < 1.29 is 27.5 Å². The van der Waals surface area contributed by atoms with Gasteiger partial charge in [-0.2, -0.15) is 13.2 Å². The highest BCUT2D eigenvalue weighted by molar-refractivity contribution is 5.82. The molecule has 1 N–H and O–H groups in total. The zero-order valence-corrected chi connectivity index (χ0v) is 6.34. The molecule has 0 aliphatic carbocycles. The molecule has 1 rings (SSSR count). The number of aromatic carboxylic acids is 1. The van der Waals surface area contributed by atoms with Gasteiger partial charge in [0.25, 0.3) is 0 Å². The molecular weight excluding hydrogens is 191 g/mol. The molecule has 0 aliphatic heterocycles. The van der Waals surface area contributed by atoms with Crippen molar-refractivity contribution in [3.8, 4) is 0 Å². The highest BCUT2D eigenvalue weighted by atomic mass is 19.4. The Morgan fingerprint density at radius 2 is 2.08 bits per heavy atom. The first-order chi connectivity index (χ1) is 5.82. The third-order valence-electron chi connectivity index (χ3n) is 1.24. The van der Waals surface area contributed by atoms with E-state index in [4.69, 9.17) is 5.11 Å². The lowest BCUT2D eigenvalue weighted by atomic mass is 10.4. The van der Waals surface area contributed by atoms with E-state index in [1.54, 1.807) is 0 Å². The highest BCUT2D eigenvalue weighted by Gasteiger charge is 2.38. The quantitative estimate of drug-likeness (QED) is 0.740. The van der Waals surface area contributed by atoms with Gasteiger partial charge >= 0.3 is 18.0 Å². The van der Waals surface area contributed by atoms with Crippen molar-refractivity contribution in [1.82, 2.24) is 4.98 Å². The molecule has 0 fully saturated rings. The van der Waals surface area contributed by atoms with Gasteiger partial charge in [0.1, 0.15) is 0 Å². The fraction of sp³-hybridized carbons (Fsp3) is 0.333. The normalized spacial score (nSPS) is 11.7. The molecule has 4 nitrogen and oxygen atoms in total. The summed E-state index contributed by atoms with van der Waals surface area (Å²) in [5.74, 6) is -3.95. The molecule has 0 bridgehead atoms. The molecule has 0 radical (unpaired) electrons. The van der Waals surface area contributed by atoms with E-state index < -0.39 is 29.5 Å². The standard InChI is InChI=1S/C6H4F3NO3/c1-2-3(6(7,8)9)13-4(10-2)5(11)12/h1H3,(H,11,12). The van der Waals surface area contributed by atoms with E-state index in [1.165, 1.54) is 0 Å². The Hall–Kier alpha value is -1.53. The number of alkyl halides is 3. The van der Waals surface area contributed by atoms with Crippen LogP contribution in [0.1, 0.15) is 22.1 Å². The molecule has 72 valence electrons. The predicted molar refractivity (Wildman–Crippen MR) is 33.2 cm³/mol. The molecule has 0 aliphatic rings. The van der Waals surface area contributed by atoms with Crippen LogP contribution < -0.4 is 0 Å². The Morgan fingerprint density at radius 1 is 1.54 bits per heavy atom. The molecular formula is C6H4F3NO3. The molecule has 0 spiro atoms. The highest BCUT2D eigenvalue weighted by Crippen LogP contribution is 2.32. The second-order valence-corrected chi connectivity index (χ2v) is 2.24. The Bertz CT molecular complexity index is 341. The Balaban J connectivity index is 3.18. The van der Waals surface area contributed by atoms with E-state index in [-0.39, 0.29) is 0 Å². The maximum atomic E-state index is 12.0. The zero-order valence-electron chi connectivity index (χ0n) is 6.34. The topological polar surface area (TPSA) is 63.3 Å². The van der Waals surface area contributed by atoms with Crippen molar-refractivity contribution in [1.29, 1.82) is 0 Å². The number of carboxylic acid groups (broad SMARTS) is 1. The lowest BCUT2D eigenvalue weighted by molar-refractivity contribution is -0.153. The fourth-order valence-electron chi connectivity index (χ4n) is 0.751. The van der Waals surface area contributed by atoms with Crippen molar-refractivity contribution in [2.75, 3.05) is 0 Å². The van der Waals surface area contributed by atoms with Crippen LogP contribution in [0.2, 0.25) is 0 Å². The number of nitrogens with zero attached hydrogens (tertiary/aromatic N) is 1. The van der Waals surface area contributed by atoms with Crippen molar-refractivity contribution in [3.63, 3.8) is 0 Å². The van der Waals surface area contributed by atoms with Gasteiger partial charge in [0.15, 0.2) is 0 Å². The van der Waals surface area contributed by atoms with E-state index in [1.807, 2.05) is 0 Å². The van der Waals surface area contributed by atoms with Gasteiger partial charge in [-0.1, -0.05) is 0 Å². The number of halogens is 3. The molecule has 0 amide bonds. The molecule has 1 aromatic rings. The maximum Gasteiger partial charge on any atom is 0.451 e. The molecule has 0 saturated heterocycles. The smallest absolute Gasteiger partial charge is 0.451 e. The Labute approximate surface area is 70.0 Å². The van der Waals surface area contributed by atoms with Gasteiger partial charge < -0.3 is 9.52 Å². The van der Waals surface area contributed by atoms with Gasteiger partial charge in [0.2, 0.25) is 5.76 Å². The first-order valence-corrected chi connectivity index (χ1v) is 3.10. The van der Waals surface area contributed by atoms with Crippen LogP contribution in [0.25, 0.3) is 0 Å². The number of aryl methyl sites for hydroxylation is 1. The first kappa shape index (κ1) is 9.56. The molecule has 1 aromatic heterocycles. The Kier molecular flexibility index (Phi) is 2.02. The van der Waals surface area contributed by atoms with Crippen LogP contribution in [0.15, 0.2) is 4.42 Å². The molecule has 0 unspecified atom stereocenters. The number of aromatic nitrogens is 1. The summed E-state index contributed by atoms with van der Waals surface area (Å²) < 4.78 is 40.0. The summed E-state index contributed by atoms with van der Waals surface area (Å²) in [6.07, 6.45) is -4.70. The van der Waals surface area contributed by atoms with Crippen molar-refractivity contribution >= 4 is 5.97 Å². The van der Waals surface area contributed by atoms with E-state index in [9.17, 15) is 18.0 Å². The molecule has 13 heavy (non-hydrogen) atoms. The molecule has 7 heteroatoms. The zero-order chi connectivity index (χ0) is 10.2. The number of oxazole rings is 1. The van der Waals surface area contributed by atoms with Gasteiger partial charge in [-0.25, -0.2) is 9.78 Å². The van der Waals surface area contributed by atoms with Gasteiger partial charge in [0.05, 0.1) is 5.69 Å². The number of hydrogen-bond acceptors (Lipinski definition) is 3. The Morgan fingerprint density at radius 3 is 2.31 bits per heavy atom. The fourth-order valence-corrected chi connectivity index (χ4v) is 0.751. The summed E-state index contributed by atoms with van der Waals surface area (Å²) in [5, 5.41) is 8.26. The van der Waals surface area contributed by atoms with Crippen molar-refractivity contribution in [2.45, 2.75) is 13.1 Å². The van der Waals surface area contributed by atoms with E-state index in [0.29, 0.717) is 0 Å². The van der Waals surface area contributed by atoms with Crippen LogP contribution in [0.3, 0.4) is 0 Å². The SMILES string of the molecule is Cc1nc(C(=O)O)oc1C(F)(F)F. The van der Waals surface area contributed by atoms with E-state index in [2.05, 4.69) is 9.40 Å². The van der Waals surface area contributed by atoms with Crippen LogP contribution >= 0.6 is 0 Å². The molecule has 0 aromatic carbocycles. The average molecular weight is 195 g/mol. The second kappa shape index (κ2) is 2.75. The minimum Gasteiger partial charge on any atom is -0.474 e. The number of carboxylic acids is 1. The molecule has 0 saturated carbocycles. The van der Waals surface area contributed by atoms with Gasteiger partial charge in [-0.3, -0.25) is 0 Å².